The van der Waals surface area contributed by atoms with Gasteiger partial charge < -0.3 is 19.9 Å². The quantitative estimate of drug-likeness (QED) is 0.601. The lowest BCUT2D eigenvalue weighted by Crippen LogP contribution is -2.53. The van der Waals surface area contributed by atoms with Gasteiger partial charge in [0.15, 0.2) is 5.84 Å². The molecule has 2 amide bonds. The molecule has 0 radical (unpaired) electrons. The van der Waals surface area contributed by atoms with Crippen LogP contribution in [-0.4, -0.2) is 93.7 Å². The van der Waals surface area contributed by atoms with Crippen LogP contribution in [0.4, 0.5) is 4.39 Å². The largest absolute Gasteiger partial charge is 0.381 e. The molecule has 1 aromatic heterocycles. The molecule has 3 atom stereocenters. The lowest BCUT2D eigenvalue weighted by molar-refractivity contribution is -0.147. The molecule has 0 bridgehead atoms. The van der Waals surface area contributed by atoms with Crippen LogP contribution in [-0.2, 0) is 19.1 Å². The van der Waals surface area contributed by atoms with Gasteiger partial charge in [-0.2, -0.15) is 0 Å². The number of piperazine rings is 1. The summed E-state index contributed by atoms with van der Waals surface area (Å²) >= 11 is 0. The van der Waals surface area contributed by atoms with E-state index in [4.69, 9.17) is 4.74 Å². The van der Waals surface area contributed by atoms with Crippen LogP contribution in [0, 0.1) is 11.8 Å². The number of rotatable bonds is 3. The highest BCUT2D eigenvalue weighted by molar-refractivity contribution is 6.43. The Morgan fingerprint density at radius 2 is 1.94 bits per heavy atom. The number of carbonyl (C=O) groups is 3. The maximum absolute atomic E-state index is 14.7. The van der Waals surface area contributed by atoms with Crippen molar-refractivity contribution in [3.63, 3.8) is 0 Å². The van der Waals surface area contributed by atoms with Crippen molar-refractivity contribution in [1.82, 2.24) is 30.1 Å². The molecule has 0 aromatic carbocycles. The minimum atomic E-state index is -0.964. The fraction of sp³-hybridized carbons (Fsp3) is 0.500. The molecular formula is C20H22FN7O4. The highest BCUT2D eigenvalue weighted by Crippen LogP contribution is 2.34. The number of nitrogens with one attached hydrogen (secondary N) is 1. The number of ketones is 1. The van der Waals surface area contributed by atoms with Gasteiger partial charge in [-0.25, -0.2) is 14.1 Å². The highest BCUT2D eigenvalue weighted by Gasteiger charge is 2.44. The monoisotopic (exact) mass is 443 g/mol. The fourth-order valence-electron chi connectivity index (χ4n) is 4.49. The molecule has 2 fully saturated rings. The number of ether oxygens (including phenoxy) is 1. The number of nitrogens with zero attached hydrogens (tertiary/aromatic N) is 6. The van der Waals surface area contributed by atoms with E-state index in [1.807, 2.05) is 0 Å². The van der Waals surface area contributed by atoms with Gasteiger partial charge in [0.2, 0.25) is 11.7 Å². The van der Waals surface area contributed by atoms with E-state index in [0.29, 0.717) is 38.6 Å². The first-order valence-corrected chi connectivity index (χ1v) is 10.5. The van der Waals surface area contributed by atoms with Crippen molar-refractivity contribution in [2.75, 3.05) is 39.4 Å². The maximum Gasteiger partial charge on any atom is 0.294 e. The van der Waals surface area contributed by atoms with Gasteiger partial charge in [-0.3, -0.25) is 14.4 Å². The molecule has 2 saturated heterocycles. The molecule has 4 aliphatic heterocycles. The van der Waals surface area contributed by atoms with Crippen molar-refractivity contribution in [3.05, 3.63) is 36.2 Å². The van der Waals surface area contributed by atoms with Crippen LogP contribution < -0.4 is 5.32 Å². The van der Waals surface area contributed by atoms with E-state index in [0.717, 1.165) is 6.20 Å². The molecule has 4 aliphatic rings. The molecule has 5 heterocycles. The molecule has 12 heteroatoms. The standard InChI is InChI=1S/C20H22FN7O4/c21-14-10-23-18(28-3-2-24-25-28)16-15(14)13(9-22-16)17(29)20(31)27-6-4-26(5-7-27)19(30)12-1-8-32-11-12/h2-3,9-10,12,15-16,22H,1,4-8,11H2. The summed E-state index contributed by atoms with van der Waals surface area (Å²) in [5.74, 6) is -2.76. The van der Waals surface area contributed by atoms with Crippen LogP contribution in [0.2, 0.25) is 0 Å². The summed E-state index contributed by atoms with van der Waals surface area (Å²) in [7, 11) is 0. The molecule has 3 unspecified atom stereocenters. The van der Waals surface area contributed by atoms with E-state index in [9.17, 15) is 18.8 Å². The Hall–Kier alpha value is -3.41. The number of fused-ring (bicyclic) bond motifs is 1. The Balaban J connectivity index is 1.23. The van der Waals surface area contributed by atoms with Gasteiger partial charge in [-0.15, -0.1) is 5.10 Å². The van der Waals surface area contributed by atoms with Crippen LogP contribution >= 0.6 is 0 Å². The summed E-state index contributed by atoms with van der Waals surface area (Å²) in [6, 6.07) is -0.670. The molecular weight excluding hydrogens is 421 g/mol. The van der Waals surface area contributed by atoms with Gasteiger partial charge in [0.05, 0.1) is 43.1 Å². The zero-order chi connectivity index (χ0) is 22.2. The highest BCUT2D eigenvalue weighted by atomic mass is 19.1. The summed E-state index contributed by atoms with van der Waals surface area (Å²) < 4.78 is 21.3. The van der Waals surface area contributed by atoms with Gasteiger partial charge >= 0.3 is 0 Å². The normalized spacial score (nSPS) is 27.3. The first-order chi connectivity index (χ1) is 15.5. The van der Waals surface area contributed by atoms with E-state index < -0.39 is 29.5 Å². The molecule has 1 N–H and O–H groups in total. The summed E-state index contributed by atoms with van der Waals surface area (Å²) in [6.45, 7) is 2.23. The Kier molecular flexibility index (Phi) is 5.29. The fourth-order valence-corrected chi connectivity index (χ4v) is 4.49. The molecule has 32 heavy (non-hydrogen) atoms. The van der Waals surface area contributed by atoms with Gasteiger partial charge in [0.25, 0.3) is 5.91 Å². The predicted molar refractivity (Wildman–Crippen MR) is 108 cm³/mol. The van der Waals surface area contributed by atoms with Crippen LogP contribution in [0.1, 0.15) is 6.42 Å². The lowest BCUT2D eigenvalue weighted by atomic mass is 9.88. The Morgan fingerprint density at radius 1 is 1.16 bits per heavy atom. The number of aromatic nitrogens is 3. The third-order valence-corrected chi connectivity index (χ3v) is 6.25. The average molecular weight is 443 g/mol. The van der Waals surface area contributed by atoms with E-state index in [1.165, 1.54) is 22.0 Å². The zero-order valence-electron chi connectivity index (χ0n) is 17.2. The second kappa shape index (κ2) is 8.26. The molecule has 1 aromatic rings. The number of aliphatic imine (C=N–C) groups is 1. The van der Waals surface area contributed by atoms with Crippen molar-refractivity contribution >= 4 is 23.4 Å². The molecule has 0 aliphatic carbocycles. The van der Waals surface area contributed by atoms with Crippen molar-refractivity contribution in [3.8, 4) is 0 Å². The van der Waals surface area contributed by atoms with Crippen molar-refractivity contribution in [2.24, 2.45) is 16.8 Å². The maximum atomic E-state index is 14.7. The second-order valence-electron chi connectivity index (χ2n) is 8.08. The Labute approximate surface area is 182 Å². The van der Waals surface area contributed by atoms with Crippen LogP contribution in [0.3, 0.4) is 0 Å². The lowest BCUT2D eigenvalue weighted by Gasteiger charge is -2.35. The third-order valence-electron chi connectivity index (χ3n) is 6.25. The Morgan fingerprint density at radius 3 is 2.62 bits per heavy atom. The second-order valence-corrected chi connectivity index (χ2v) is 8.08. The van der Waals surface area contributed by atoms with E-state index >= 15 is 0 Å². The summed E-state index contributed by atoms with van der Waals surface area (Å²) in [5, 5.41) is 10.6. The topological polar surface area (TPSA) is 122 Å². The van der Waals surface area contributed by atoms with E-state index in [-0.39, 0.29) is 30.5 Å². The Bertz CT molecular complexity index is 1020. The van der Waals surface area contributed by atoms with Crippen molar-refractivity contribution < 1.29 is 23.5 Å². The summed E-state index contributed by atoms with van der Waals surface area (Å²) in [5.41, 5.74) is 0.0443. The predicted octanol–water partition coefficient (Wildman–Crippen LogP) is -0.902. The summed E-state index contributed by atoms with van der Waals surface area (Å²) in [4.78, 5) is 45.6. The van der Waals surface area contributed by atoms with Gasteiger partial charge in [0.1, 0.15) is 5.83 Å². The van der Waals surface area contributed by atoms with E-state index in [2.05, 4.69) is 20.6 Å². The average Bonchev–Trinajstić information content (AvgIpc) is 3.60. The van der Waals surface area contributed by atoms with Gasteiger partial charge in [-0.05, 0) is 6.42 Å². The van der Waals surface area contributed by atoms with Crippen LogP contribution in [0.15, 0.2) is 41.2 Å². The van der Waals surface area contributed by atoms with Crippen molar-refractivity contribution in [2.45, 2.75) is 12.5 Å². The SMILES string of the molecule is O=C(C(=O)N1CCN(C(=O)C2CCOC2)CC1)C1=CNC2C(n3ccnn3)=NC=C(F)C12. The van der Waals surface area contributed by atoms with Crippen LogP contribution in [0.5, 0.6) is 0 Å². The summed E-state index contributed by atoms with van der Waals surface area (Å²) in [6.07, 6.45) is 6.15. The van der Waals surface area contributed by atoms with Crippen molar-refractivity contribution in [1.29, 1.82) is 0 Å². The number of halogens is 1. The zero-order valence-corrected chi connectivity index (χ0v) is 17.2. The molecule has 0 saturated carbocycles. The number of Topliss-reactive ketones (excluding diaryl/α,β-unsaturated/α-hetero) is 1. The molecule has 168 valence electrons. The number of hydrogen-bond donors (Lipinski definition) is 1. The van der Waals surface area contributed by atoms with Gasteiger partial charge in [0, 0.05) is 44.6 Å². The van der Waals surface area contributed by atoms with E-state index in [1.54, 1.807) is 11.1 Å². The smallest absolute Gasteiger partial charge is 0.294 e. The molecule has 0 spiro atoms. The first kappa shape index (κ1) is 20.5. The number of hydrogen-bond acceptors (Lipinski definition) is 8. The number of amides is 2. The number of carbonyl (C=O) groups excluding carboxylic acids is 3. The first-order valence-electron chi connectivity index (χ1n) is 10.5. The molecule has 5 rings (SSSR count). The van der Waals surface area contributed by atoms with Crippen LogP contribution in [0.25, 0.3) is 0 Å². The molecule has 11 nitrogen and oxygen atoms in total. The third kappa shape index (κ3) is 3.49. The minimum Gasteiger partial charge on any atom is -0.381 e. The van der Waals surface area contributed by atoms with Gasteiger partial charge in [-0.1, -0.05) is 5.21 Å². The minimum absolute atomic E-state index is 0.0285.